The van der Waals surface area contributed by atoms with Crippen LogP contribution in [0.5, 0.6) is 0 Å². The number of aliphatic imine (C=N–C) groups is 1. The van der Waals surface area contributed by atoms with Gasteiger partial charge in [0.2, 0.25) is 12.2 Å². The number of benzene rings is 3. The standard InChI is InChI=1S/C25H23N5O3/c26-17-28-25(27-16-18-7-2-1-3-8-18)29-21-11-6-10-20(15-21)24(33)30-22-12-5-4-9-19(22)13-14-23(31)32/h1-12,15H,13-14,16H2,(H,30,33)(H,31,32)(H2,27,28,29). The van der Waals surface area contributed by atoms with Gasteiger partial charge in [0, 0.05) is 29.9 Å². The van der Waals surface area contributed by atoms with Crippen LogP contribution >= 0.6 is 0 Å². The van der Waals surface area contributed by atoms with Gasteiger partial charge in [0.15, 0.2) is 0 Å². The summed E-state index contributed by atoms with van der Waals surface area (Å²) in [4.78, 5) is 27.5. The fraction of sp³-hybridized carbons (Fsp3) is 0.120. The molecule has 0 aliphatic rings. The number of aryl methyl sites for hydroxylation is 1. The summed E-state index contributed by atoms with van der Waals surface area (Å²) < 4.78 is 0. The Morgan fingerprint density at radius 2 is 1.70 bits per heavy atom. The molecule has 0 heterocycles. The lowest BCUT2D eigenvalue weighted by Gasteiger charge is -2.13. The smallest absolute Gasteiger partial charge is 0.303 e. The second-order valence-corrected chi connectivity index (χ2v) is 7.11. The van der Waals surface area contributed by atoms with Crippen LogP contribution in [0, 0.1) is 11.5 Å². The van der Waals surface area contributed by atoms with Crippen molar-refractivity contribution in [2.24, 2.45) is 4.99 Å². The molecule has 0 radical (unpaired) electrons. The van der Waals surface area contributed by atoms with Gasteiger partial charge in [-0.25, -0.2) is 0 Å². The fourth-order valence-electron chi connectivity index (χ4n) is 3.11. The largest absolute Gasteiger partial charge is 0.481 e. The number of aliphatic carboxylic acids is 1. The molecule has 0 saturated carbocycles. The van der Waals surface area contributed by atoms with Gasteiger partial charge in [-0.2, -0.15) is 5.26 Å². The van der Waals surface area contributed by atoms with Crippen LogP contribution in [0.4, 0.5) is 11.4 Å². The molecule has 0 atom stereocenters. The predicted molar refractivity (Wildman–Crippen MR) is 127 cm³/mol. The summed E-state index contributed by atoms with van der Waals surface area (Å²) in [5, 5.41) is 26.9. The Morgan fingerprint density at radius 3 is 2.45 bits per heavy atom. The first kappa shape index (κ1) is 23.0. The molecule has 33 heavy (non-hydrogen) atoms. The SMILES string of the molecule is N#C/N=C(\NCc1ccccc1)Nc1cccc(C(=O)Nc2ccccc2CCC(=O)O)c1. The third kappa shape index (κ3) is 7.22. The van der Waals surface area contributed by atoms with Gasteiger partial charge in [-0.05, 0) is 41.8 Å². The van der Waals surface area contributed by atoms with E-state index in [9.17, 15) is 9.59 Å². The van der Waals surface area contributed by atoms with Gasteiger partial charge in [0.25, 0.3) is 5.91 Å². The average Bonchev–Trinajstić information content (AvgIpc) is 2.83. The molecule has 3 rings (SSSR count). The minimum Gasteiger partial charge on any atom is -0.481 e. The van der Waals surface area contributed by atoms with Crippen molar-refractivity contribution < 1.29 is 14.7 Å². The second kappa shape index (κ2) is 11.7. The molecule has 3 aromatic rings. The van der Waals surface area contributed by atoms with E-state index < -0.39 is 5.97 Å². The summed E-state index contributed by atoms with van der Waals surface area (Å²) in [5.41, 5.74) is 3.32. The van der Waals surface area contributed by atoms with E-state index in [2.05, 4.69) is 20.9 Å². The summed E-state index contributed by atoms with van der Waals surface area (Å²) in [5.74, 6) is -0.971. The number of carbonyl (C=O) groups is 2. The minimum atomic E-state index is -0.898. The highest BCUT2D eigenvalue weighted by atomic mass is 16.4. The Kier molecular flexibility index (Phi) is 8.15. The van der Waals surface area contributed by atoms with Crippen molar-refractivity contribution in [3.63, 3.8) is 0 Å². The zero-order valence-corrected chi connectivity index (χ0v) is 17.8. The number of rotatable bonds is 8. The van der Waals surface area contributed by atoms with Gasteiger partial charge >= 0.3 is 5.97 Å². The van der Waals surface area contributed by atoms with E-state index in [4.69, 9.17) is 10.4 Å². The Balaban J connectivity index is 1.68. The van der Waals surface area contributed by atoms with E-state index in [1.165, 1.54) is 0 Å². The molecule has 3 aromatic carbocycles. The zero-order valence-electron chi connectivity index (χ0n) is 17.8. The number of carbonyl (C=O) groups excluding carboxylic acids is 1. The minimum absolute atomic E-state index is 0.0245. The molecule has 0 fully saturated rings. The number of para-hydroxylation sites is 1. The van der Waals surface area contributed by atoms with Crippen LogP contribution in [0.2, 0.25) is 0 Å². The van der Waals surface area contributed by atoms with Gasteiger partial charge in [-0.3, -0.25) is 9.59 Å². The molecule has 1 amide bonds. The van der Waals surface area contributed by atoms with E-state index in [0.29, 0.717) is 29.9 Å². The molecule has 0 aliphatic carbocycles. The first-order chi connectivity index (χ1) is 16.0. The van der Waals surface area contributed by atoms with Crippen molar-refractivity contribution in [1.82, 2.24) is 5.32 Å². The molecule has 0 aliphatic heterocycles. The lowest BCUT2D eigenvalue weighted by atomic mass is 10.1. The van der Waals surface area contributed by atoms with Crippen LogP contribution in [0.3, 0.4) is 0 Å². The molecule has 4 N–H and O–H groups in total. The van der Waals surface area contributed by atoms with E-state index in [0.717, 1.165) is 11.1 Å². The van der Waals surface area contributed by atoms with Gasteiger partial charge < -0.3 is 21.1 Å². The summed E-state index contributed by atoms with van der Waals surface area (Å²) in [7, 11) is 0. The van der Waals surface area contributed by atoms with Gasteiger partial charge in [-0.15, -0.1) is 4.99 Å². The summed E-state index contributed by atoms with van der Waals surface area (Å²) in [6, 6.07) is 23.6. The first-order valence-electron chi connectivity index (χ1n) is 10.3. The molecular formula is C25H23N5O3. The van der Waals surface area contributed by atoms with Crippen LogP contribution in [0.15, 0.2) is 83.9 Å². The highest BCUT2D eigenvalue weighted by Gasteiger charge is 2.11. The van der Waals surface area contributed by atoms with E-state index in [1.807, 2.05) is 30.3 Å². The number of carboxylic acid groups (broad SMARTS) is 1. The Bertz CT molecular complexity index is 1190. The molecule has 0 saturated heterocycles. The van der Waals surface area contributed by atoms with Crippen molar-refractivity contribution in [2.75, 3.05) is 10.6 Å². The quantitative estimate of drug-likeness (QED) is 0.238. The first-order valence-corrected chi connectivity index (χ1v) is 10.3. The number of hydrogen-bond donors (Lipinski definition) is 4. The molecule has 166 valence electrons. The molecule has 0 spiro atoms. The van der Waals surface area contributed by atoms with E-state index >= 15 is 0 Å². The topological polar surface area (TPSA) is 127 Å². The van der Waals surface area contributed by atoms with Crippen LogP contribution in [0.1, 0.15) is 27.9 Å². The van der Waals surface area contributed by atoms with Crippen molar-refractivity contribution in [2.45, 2.75) is 19.4 Å². The normalized spacial score (nSPS) is 10.7. The molecule has 0 aromatic heterocycles. The van der Waals surface area contributed by atoms with Crippen molar-refractivity contribution in [3.8, 4) is 6.19 Å². The number of amides is 1. The third-order valence-electron chi connectivity index (χ3n) is 4.73. The van der Waals surface area contributed by atoms with Crippen LogP contribution < -0.4 is 16.0 Å². The lowest BCUT2D eigenvalue weighted by molar-refractivity contribution is -0.136. The Hall–Kier alpha value is -4.64. The summed E-state index contributed by atoms with van der Waals surface area (Å²) >= 11 is 0. The predicted octanol–water partition coefficient (Wildman–Crippen LogP) is 3.99. The fourth-order valence-corrected chi connectivity index (χ4v) is 3.11. The second-order valence-electron chi connectivity index (χ2n) is 7.11. The van der Waals surface area contributed by atoms with Gasteiger partial charge in [-0.1, -0.05) is 54.6 Å². The third-order valence-corrected chi connectivity index (χ3v) is 4.73. The van der Waals surface area contributed by atoms with Crippen LogP contribution in [0.25, 0.3) is 0 Å². The number of nitrogens with one attached hydrogen (secondary N) is 3. The van der Waals surface area contributed by atoms with Crippen LogP contribution in [-0.2, 0) is 17.8 Å². The highest BCUT2D eigenvalue weighted by molar-refractivity contribution is 6.06. The number of nitrogens with zero attached hydrogens (tertiary/aromatic N) is 2. The van der Waals surface area contributed by atoms with Crippen LogP contribution in [-0.4, -0.2) is 22.9 Å². The van der Waals surface area contributed by atoms with E-state index in [1.54, 1.807) is 54.7 Å². The lowest BCUT2D eigenvalue weighted by Crippen LogP contribution is -2.30. The maximum atomic E-state index is 12.8. The maximum absolute atomic E-state index is 12.8. The van der Waals surface area contributed by atoms with Crippen molar-refractivity contribution >= 4 is 29.2 Å². The number of hydrogen-bond acceptors (Lipinski definition) is 4. The Morgan fingerprint density at radius 1 is 0.939 bits per heavy atom. The highest BCUT2D eigenvalue weighted by Crippen LogP contribution is 2.19. The monoisotopic (exact) mass is 441 g/mol. The summed E-state index contributed by atoms with van der Waals surface area (Å²) in [6.07, 6.45) is 2.05. The molecular weight excluding hydrogens is 418 g/mol. The van der Waals surface area contributed by atoms with Gasteiger partial charge in [0.05, 0.1) is 0 Å². The number of nitriles is 1. The summed E-state index contributed by atoms with van der Waals surface area (Å²) in [6.45, 7) is 0.474. The van der Waals surface area contributed by atoms with E-state index in [-0.39, 0.29) is 18.3 Å². The van der Waals surface area contributed by atoms with Crippen molar-refractivity contribution in [3.05, 3.63) is 95.6 Å². The average molecular weight is 441 g/mol. The molecule has 0 bridgehead atoms. The molecule has 0 unspecified atom stereocenters. The number of guanidine groups is 1. The number of carboxylic acids is 1. The molecule has 8 nitrogen and oxygen atoms in total. The maximum Gasteiger partial charge on any atom is 0.303 e. The zero-order chi connectivity index (χ0) is 23.5. The van der Waals surface area contributed by atoms with Gasteiger partial charge in [0.1, 0.15) is 0 Å². The van der Waals surface area contributed by atoms with Crippen molar-refractivity contribution in [1.29, 1.82) is 5.26 Å². The molecule has 8 heteroatoms. The Labute approximate surface area is 191 Å². The number of anilines is 2.